The first kappa shape index (κ1) is 15.9. The molecular formula is NbO4Zr2. The van der Waals surface area contributed by atoms with E-state index >= 15 is 0 Å². The van der Waals surface area contributed by atoms with Crippen molar-refractivity contribution >= 4 is 0 Å². The summed E-state index contributed by atoms with van der Waals surface area (Å²) in [5.41, 5.74) is 0. The van der Waals surface area contributed by atoms with Gasteiger partial charge in [0.2, 0.25) is 0 Å². The van der Waals surface area contributed by atoms with E-state index in [0.29, 0.717) is 0 Å². The predicted molar refractivity (Wildman–Crippen MR) is 2.75 cm³/mol. The van der Waals surface area contributed by atoms with Gasteiger partial charge >= 0.3 is 57.7 Å². The Morgan fingerprint density at radius 1 is 0.714 bits per heavy atom. The van der Waals surface area contributed by atoms with E-state index in [1.54, 1.807) is 0 Å². The molecule has 0 N–H and O–H groups in total. The van der Waals surface area contributed by atoms with E-state index in [-0.39, 0.29) is 22.4 Å². The molecule has 0 amide bonds. The van der Waals surface area contributed by atoms with Gasteiger partial charge in [-0.3, -0.25) is 0 Å². The molecule has 7 heteroatoms. The summed E-state index contributed by atoms with van der Waals surface area (Å²) in [6.45, 7) is 0. The van der Waals surface area contributed by atoms with Gasteiger partial charge in [-0.05, 0) is 0 Å². The van der Waals surface area contributed by atoms with Gasteiger partial charge in [-0.1, -0.05) is 0 Å². The van der Waals surface area contributed by atoms with Gasteiger partial charge in [0.1, 0.15) is 0 Å². The van der Waals surface area contributed by atoms with E-state index in [9.17, 15) is 0 Å². The maximum atomic E-state index is 8.54. The third-order valence-corrected chi connectivity index (χ3v) is 0. The van der Waals surface area contributed by atoms with Gasteiger partial charge in [0.25, 0.3) is 0 Å². The van der Waals surface area contributed by atoms with Crippen LogP contribution in [-0.2, 0) is 80.1 Å². The van der Waals surface area contributed by atoms with Gasteiger partial charge in [0.05, 0.1) is 0 Å². The van der Waals surface area contributed by atoms with E-state index in [4.69, 9.17) is 11.3 Å². The van der Waals surface area contributed by atoms with E-state index in [2.05, 4.69) is 0 Å². The van der Waals surface area contributed by atoms with Crippen LogP contribution in [0.3, 0.4) is 0 Å². The van der Waals surface area contributed by atoms with Crippen LogP contribution in [0.4, 0.5) is 0 Å². The van der Waals surface area contributed by atoms with Crippen molar-refractivity contribution in [2.75, 3.05) is 0 Å². The number of hydrogen-bond donors (Lipinski definition) is 0. The van der Waals surface area contributed by atoms with Crippen LogP contribution in [0, 0.1) is 0 Å². The third kappa shape index (κ3) is 86.2. The Kier molecular flexibility index (Phi) is 57.2. The van der Waals surface area contributed by atoms with E-state index in [0.717, 1.165) is 0 Å². The van der Waals surface area contributed by atoms with Crippen LogP contribution in [0.25, 0.3) is 0 Å². The SMILES string of the molecule is [Nb].[O]=[Zr]=[O].[O]=[Zr]=[O]. The summed E-state index contributed by atoms with van der Waals surface area (Å²) in [6, 6.07) is 0. The van der Waals surface area contributed by atoms with Crippen molar-refractivity contribution < 1.29 is 80.1 Å². The predicted octanol–water partition coefficient (Wildman–Crippen LogP) is -0.483. The molecule has 0 bridgehead atoms. The fourth-order valence-electron chi connectivity index (χ4n) is 0. The fraction of sp³-hybridized carbons (Fsp3) is 0. The molecule has 0 fully saturated rings. The molecule has 0 aliphatic rings. The summed E-state index contributed by atoms with van der Waals surface area (Å²) in [7, 11) is 0. The second-order valence-electron chi connectivity index (χ2n) is 0.167. The van der Waals surface area contributed by atoms with Crippen LogP contribution in [0.1, 0.15) is 0 Å². The fourth-order valence-corrected chi connectivity index (χ4v) is 0. The minimum atomic E-state index is -2.27. The van der Waals surface area contributed by atoms with Crippen molar-refractivity contribution in [3.05, 3.63) is 0 Å². The Labute approximate surface area is 78.9 Å². The average molecular weight is 339 g/mol. The van der Waals surface area contributed by atoms with Gasteiger partial charge in [-0.25, -0.2) is 0 Å². The zero-order valence-electron chi connectivity index (χ0n) is 3.08. The van der Waals surface area contributed by atoms with Crippen LogP contribution in [0.15, 0.2) is 0 Å². The summed E-state index contributed by atoms with van der Waals surface area (Å²) in [5, 5.41) is 0. The third-order valence-electron chi connectivity index (χ3n) is 0. The van der Waals surface area contributed by atoms with Crippen molar-refractivity contribution in [1.29, 1.82) is 0 Å². The Morgan fingerprint density at radius 3 is 0.714 bits per heavy atom. The molecule has 0 aromatic carbocycles. The molecule has 0 spiro atoms. The van der Waals surface area contributed by atoms with E-state index in [1.807, 2.05) is 0 Å². The second kappa shape index (κ2) is 25.2. The van der Waals surface area contributed by atoms with Crippen LogP contribution in [0.5, 0.6) is 0 Å². The van der Waals surface area contributed by atoms with Crippen molar-refractivity contribution in [3.63, 3.8) is 0 Å². The Morgan fingerprint density at radius 2 is 0.714 bits per heavy atom. The molecule has 4 nitrogen and oxygen atoms in total. The molecule has 0 aliphatic heterocycles. The molecule has 7 heavy (non-hydrogen) atoms. The standard InChI is InChI=1S/Nb.4O.2Zr. The Hall–Kier alpha value is 1.71. The Bertz CT molecular complexity index is 63.7. The van der Waals surface area contributed by atoms with Crippen LogP contribution in [-0.4, -0.2) is 0 Å². The number of hydrogen-bond acceptors (Lipinski definition) is 4. The molecule has 0 aromatic rings. The maximum absolute atomic E-state index is 8.54. The zero-order valence-corrected chi connectivity index (χ0v) is 10.2. The summed E-state index contributed by atoms with van der Waals surface area (Å²) in [4.78, 5) is 0. The van der Waals surface area contributed by atoms with Gasteiger partial charge in [0.15, 0.2) is 0 Å². The minimum absolute atomic E-state index is 0. The van der Waals surface area contributed by atoms with Crippen LogP contribution >= 0.6 is 0 Å². The summed E-state index contributed by atoms with van der Waals surface area (Å²) < 4.78 is 34.2. The van der Waals surface area contributed by atoms with Crippen molar-refractivity contribution in [2.24, 2.45) is 0 Å². The van der Waals surface area contributed by atoms with Crippen molar-refractivity contribution in [1.82, 2.24) is 0 Å². The first-order valence-electron chi connectivity index (χ1n) is 0.816. The molecule has 0 aliphatic carbocycles. The molecule has 0 atom stereocenters. The first-order valence-corrected chi connectivity index (χ1v) is 4.83. The molecule has 1 radical (unpaired) electrons. The summed E-state index contributed by atoms with van der Waals surface area (Å²) in [6.07, 6.45) is 0. The molecule has 0 saturated heterocycles. The molecule has 0 saturated carbocycles. The van der Waals surface area contributed by atoms with Crippen molar-refractivity contribution in [2.45, 2.75) is 0 Å². The Balaban J connectivity index is -0.0000000400. The summed E-state index contributed by atoms with van der Waals surface area (Å²) >= 11 is -4.54. The van der Waals surface area contributed by atoms with E-state index < -0.39 is 46.5 Å². The van der Waals surface area contributed by atoms with Crippen LogP contribution in [0.2, 0.25) is 0 Å². The second-order valence-corrected chi connectivity index (χ2v) is 0.986. The van der Waals surface area contributed by atoms with Gasteiger partial charge in [-0.15, -0.1) is 0 Å². The van der Waals surface area contributed by atoms with Gasteiger partial charge in [-0.2, -0.15) is 0 Å². The first-order chi connectivity index (χ1) is 2.83. The quantitative estimate of drug-likeness (QED) is 0.559. The molecule has 0 heterocycles. The van der Waals surface area contributed by atoms with E-state index in [1.165, 1.54) is 0 Å². The zero-order chi connectivity index (χ0) is 5.41. The topological polar surface area (TPSA) is 68.3 Å². The monoisotopic (exact) mass is 337 g/mol. The summed E-state index contributed by atoms with van der Waals surface area (Å²) in [5.74, 6) is 0. The van der Waals surface area contributed by atoms with Gasteiger partial charge in [0, 0.05) is 22.4 Å². The molecule has 0 aromatic heterocycles. The van der Waals surface area contributed by atoms with Crippen molar-refractivity contribution in [3.8, 4) is 0 Å². The number of rotatable bonds is 0. The molecule has 37 valence electrons. The molecule has 0 rings (SSSR count). The average Bonchev–Trinajstić information content (AvgIpc) is 1.39. The normalized spacial score (nSPS) is 2.29. The molecule has 0 unspecified atom stereocenters. The van der Waals surface area contributed by atoms with Crippen LogP contribution < -0.4 is 0 Å². The van der Waals surface area contributed by atoms with Gasteiger partial charge < -0.3 is 0 Å². The molecular weight excluding hydrogens is 339 g/mol.